The lowest BCUT2D eigenvalue weighted by Gasteiger charge is -2.39. The molecule has 2 unspecified atom stereocenters. The molecule has 0 radical (unpaired) electrons. The van der Waals surface area contributed by atoms with Gasteiger partial charge in [0, 0.05) is 18.3 Å². The van der Waals surface area contributed by atoms with Crippen molar-refractivity contribution in [1.82, 2.24) is 4.98 Å². The molecular weight excluding hydrogens is 226 g/mol. The summed E-state index contributed by atoms with van der Waals surface area (Å²) in [6.07, 6.45) is 7.45. The van der Waals surface area contributed by atoms with Gasteiger partial charge in [0.25, 0.3) is 0 Å². The highest BCUT2D eigenvalue weighted by atomic mass is 16.3. The van der Waals surface area contributed by atoms with Crippen LogP contribution in [0.2, 0.25) is 0 Å². The standard InChI is InChI=1S/C12H17N3O.C2H6/c13-11-7-14-4-3-12(11)15-8-1-2-9(15)6-10(16)5-8;1-2/h3-4,7-10,16H,1-2,5-6,13H2;1-2H3. The summed E-state index contributed by atoms with van der Waals surface area (Å²) in [7, 11) is 0. The van der Waals surface area contributed by atoms with Gasteiger partial charge in [-0.2, -0.15) is 0 Å². The molecule has 0 aromatic carbocycles. The zero-order valence-corrected chi connectivity index (χ0v) is 11.2. The third kappa shape index (κ3) is 2.29. The van der Waals surface area contributed by atoms with Gasteiger partial charge in [-0.25, -0.2) is 0 Å². The van der Waals surface area contributed by atoms with Gasteiger partial charge in [0.15, 0.2) is 0 Å². The molecule has 2 aliphatic heterocycles. The van der Waals surface area contributed by atoms with Crippen LogP contribution in [0, 0.1) is 0 Å². The van der Waals surface area contributed by atoms with E-state index in [4.69, 9.17) is 5.73 Å². The van der Waals surface area contributed by atoms with Crippen molar-refractivity contribution in [3.8, 4) is 0 Å². The Balaban J connectivity index is 0.000000574. The Morgan fingerprint density at radius 3 is 2.44 bits per heavy atom. The Kier molecular flexibility index (Phi) is 4.07. The van der Waals surface area contributed by atoms with Gasteiger partial charge in [0.2, 0.25) is 0 Å². The molecule has 1 aromatic rings. The molecule has 4 heteroatoms. The lowest BCUT2D eigenvalue weighted by atomic mass is 9.99. The molecule has 3 heterocycles. The number of fused-ring (bicyclic) bond motifs is 2. The topological polar surface area (TPSA) is 62.4 Å². The van der Waals surface area contributed by atoms with Crippen LogP contribution >= 0.6 is 0 Å². The fraction of sp³-hybridized carbons (Fsp3) is 0.643. The number of aromatic nitrogens is 1. The molecule has 0 spiro atoms. The molecule has 4 nitrogen and oxygen atoms in total. The van der Waals surface area contributed by atoms with E-state index in [2.05, 4.69) is 9.88 Å². The minimum Gasteiger partial charge on any atom is -0.396 e. The second-order valence-electron chi connectivity index (χ2n) is 4.85. The number of nitrogens with two attached hydrogens (primary N) is 1. The second kappa shape index (κ2) is 5.57. The molecule has 2 aliphatic rings. The fourth-order valence-corrected chi connectivity index (χ4v) is 3.18. The van der Waals surface area contributed by atoms with Crippen molar-refractivity contribution in [2.24, 2.45) is 0 Å². The first-order valence-corrected chi connectivity index (χ1v) is 6.91. The van der Waals surface area contributed by atoms with Crippen molar-refractivity contribution >= 4 is 11.4 Å². The highest BCUT2D eigenvalue weighted by Gasteiger charge is 2.40. The molecule has 2 bridgehead atoms. The Morgan fingerprint density at radius 2 is 1.89 bits per heavy atom. The van der Waals surface area contributed by atoms with E-state index in [1.165, 1.54) is 12.8 Å². The number of nitrogen functional groups attached to an aromatic ring is 1. The number of pyridine rings is 1. The quantitative estimate of drug-likeness (QED) is 0.801. The summed E-state index contributed by atoms with van der Waals surface area (Å²) in [5.41, 5.74) is 7.81. The monoisotopic (exact) mass is 249 g/mol. The summed E-state index contributed by atoms with van der Waals surface area (Å²) < 4.78 is 0. The maximum atomic E-state index is 9.75. The van der Waals surface area contributed by atoms with Gasteiger partial charge in [-0.3, -0.25) is 4.98 Å². The predicted octanol–water partition coefficient (Wildman–Crippen LogP) is 2.18. The average Bonchev–Trinajstić information content (AvgIpc) is 2.65. The molecule has 0 amide bonds. The predicted molar refractivity (Wildman–Crippen MR) is 74.5 cm³/mol. The molecule has 2 atom stereocenters. The van der Waals surface area contributed by atoms with E-state index in [-0.39, 0.29) is 6.10 Å². The highest BCUT2D eigenvalue weighted by Crippen LogP contribution is 2.40. The molecule has 3 N–H and O–H groups in total. The number of rotatable bonds is 1. The van der Waals surface area contributed by atoms with Crippen LogP contribution in [0.1, 0.15) is 39.5 Å². The summed E-state index contributed by atoms with van der Waals surface area (Å²) in [6, 6.07) is 2.90. The summed E-state index contributed by atoms with van der Waals surface area (Å²) in [5.74, 6) is 0. The van der Waals surface area contributed by atoms with Gasteiger partial charge in [-0.1, -0.05) is 13.8 Å². The Labute approximate surface area is 109 Å². The van der Waals surface area contributed by atoms with Crippen LogP contribution in [0.4, 0.5) is 11.4 Å². The lowest BCUT2D eigenvalue weighted by molar-refractivity contribution is 0.126. The first-order valence-electron chi connectivity index (χ1n) is 6.91. The zero-order chi connectivity index (χ0) is 13.1. The Morgan fingerprint density at radius 1 is 1.28 bits per heavy atom. The average molecular weight is 249 g/mol. The zero-order valence-electron chi connectivity index (χ0n) is 11.2. The van der Waals surface area contributed by atoms with E-state index in [1.54, 1.807) is 12.4 Å². The van der Waals surface area contributed by atoms with Crippen LogP contribution in [-0.4, -0.2) is 28.3 Å². The molecule has 1 aromatic heterocycles. The normalized spacial score (nSPS) is 29.7. The van der Waals surface area contributed by atoms with Crippen LogP contribution in [0.3, 0.4) is 0 Å². The maximum absolute atomic E-state index is 9.75. The minimum absolute atomic E-state index is 0.128. The summed E-state index contributed by atoms with van der Waals surface area (Å²) in [4.78, 5) is 6.42. The molecule has 0 aliphatic carbocycles. The molecule has 100 valence electrons. The summed E-state index contributed by atoms with van der Waals surface area (Å²) >= 11 is 0. The van der Waals surface area contributed by atoms with E-state index >= 15 is 0 Å². The van der Waals surface area contributed by atoms with Crippen LogP contribution in [0.15, 0.2) is 18.5 Å². The molecule has 0 saturated carbocycles. The van der Waals surface area contributed by atoms with Gasteiger partial charge in [-0.05, 0) is 31.7 Å². The van der Waals surface area contributed by atoms with Crippen molar-refractivity contribution in [2.45, 2.75) is 57.7 Å². The van der Waals surface area contributed by atoms with Crippen molar-refractivity contribution in [1.29, 1.82) is 0 Å². The minimum atomic E-state index is -0.128. The molecule has 2 saturated heterocycles. The van der Waals surface area contributed by atoms with Crippen molar-refractivity contribution in [2.75, 3.05) is 10.6 Å². The lowest BCUT2D eigenvalue weighted by Crippen LogP contribution is -2.45. The van der Waals surface area contributed by atoms with E-state index < -0.39 is 0 Å². The second-order valence-corrected chi connectivity index (χ2v) is 4.85. The SMILES string of the molecule is CC.Nc1cnccc1N1C2CCC1CC(O)C2. The van der Waals surface area contributed by atoms with Gasteiger partial charge in [0.05, 0.1) is 23.7 Å². The first-order chi connectivity index (χ1) is 8.75. The van der Waals surface area contributed by atoms with E-state index in [0.717, 1.165) is 24.2 Å². The Bertz CT molecular complexity index is 382. The summed E-state index contributed by atoms with van der Waals surface area (Å²) in [6.45, 7) is 4.00. The molecule has 3 rings (SSSR count). The van der Waals surface area contributed by atoms with Crippen LogP contribution in [0.5, 0.6) is 0 Å². The molecule has 18 heavy (non-hydrogen) atoms. The van der Waals surface area contributed by atoms with Crippen LogP contribution in [-0.2, 0) is 0 Å². The van der Waals surface area contributed by atoms with Gasteiger partial charge in [0.1, 0.15) is 0 Å². The molecular formula is C14H23N3O. The van der Waals surface area contributed by atoms with Gasteiger partial charge in [-0.15, -0.1) is 0 Å². The highest BCUT2D eigenvalue weighted by molar-refractivity contribution is 5.67. The van der Waals surface area contributed by atoms with Crippen molar-refractivity contribution in [3.63, 3.8) is 0 Å². The van der Waals surface area contributed by atoms with E-state index in [1.807, 2.05) is 19.9 Å². The number of nitrogens with zero attached hydrogens (tertiary/aromatic N) is 2. The van der Waals surface area contributed by atoms with E-state index in [9.17, 15) is 5.11 Å². The van der Waals surface area contributed by atoms with Crippen LogP contribution in [0.25, 0.3) is 0 Å². The van der Waals surface area contributed by atoms with Crippen molar-refractivity contribution < 1.29 is 5.11 Å². The van der Waals surface area contributed by atoms with Gasteiger partial charge < -0.3 is 15.7 Å². The largest absolute Gasteiger partial charge is 0.396 e. The van der Waals surface area contributed by atoms with E-state index in [0.29, 0.717) is 12.1 Å². The van der Waals surface area contributed by atoms with Gasteiger partial charge >= 0.3 is 0 Å². The Hall–Kier alpha value is -1.29. The van der Waals surface area contributed by atoms with Crippen molar-refractivity contribution in [3.05, 3.63) is 18.5 Å². The number of aliphatic hydroxyl groups excluding tert-OH is 1. The number of piperidine rings is 1. The third-order valence-electron chi connectivity index (χ3n) is 3.81. The third-order valence-corrected chi connectivity index (χ3v) is 3.81. The molecule has 2 fully saturated rings. The number of hydrogen-bond donors (Lipinski definition) is 2. The summed E-state index contributed by atoms with van der Waals surface area (Å²) in [5, 5.41) is 9.75. The number of aliphatic hydroxyl groups is 1. The first kappa shape index (κ1) is 13.1. The van der Waals surface area contributed by atoms with Crippen LogP contribution < -0.4 is 10.6 Å². The number of anilines is 2. The smallest absolute Gasteiger partial charge is 0.0738 e. The maximum Gasteiger partial charge on any atom is 0.0738 e. The fourth-order valence-electron chi connectivity index (χ4n) is 3.18. The number of hydrogen-bond acceptors (Lipinski definition) is 4.